The minimum Gasteiger partial charge on any atom is -0.444 e. The molecule has 11 heteroatoms. The molecule has 2 aliphatic heterocycles. The predicted octanol–water partition coefficient (Wildman–Crippen LogP) is 3.90. The van der Waals surface area contributed by atoms with Crippen LogP contribution in [0.3, 0.4) is 0 Å². The zero-order valence-corrected chi connectivity index (χ0v) is 24.5. The largest absolute Gasteiger partial charge is 0.444 e. The predicted molar refractivity (Wildman–Crippen MR) is 160 cm³/mol. The Morgan fingerprint density at radius 3 is 2.57 bits per heavy atom. The van der Waals surface area contributed by atoms with Gasteiger partial charge in [-0.25, -0.2) is 19.7 Å². The van der Waals surface area contributed by atoms with Gasteiger partial charge in [-0.3, -0.25) is 9.88 Å². The summed E-state index contributed by atoms with van der Waals surface area (Å²) in [5, 5.41) is 0. The van der Waals surface area contributed by atoms with E-state index in [0.29, 0.717) is 32.7 Å². The number of pyridine rings is 1. The van der Waals surface area contributed by atoms with Gasteiger partial charge in [0.15, 0.2) is 0 Å². The molecule has 5 heterocycles. The van der Waals surface area contributed by atoms with Crippen LogP contribution in [-0.4, -0.2) is 98.9 Å². The standard InChI is InChI=1S/C31H38N8O3/c1-31(2,3)42-30(40)39-10-8-37(9-11-39)20-22-6-7-32-24(16-22)18-28-35-25-5-4-23(17-27(25)36-28)26-19-29(34-21-33-26)38-12-14-41-15-13-38/h4-7,16-17,19,21H,8-15,18,20H2,1-3H3,(H,35,36). The molecule has 6 rings (SSSR count). The van der Waals surface area contributed by atoms with E-state index in [1.165, 1.54) is 5.56 Å². The number of carbonyl (C=O) groups is 1. The number of aromatic nitrogens is 5. The van der Waals surface area contributed by atoms with Gasteiger partial charge >= 0.3 is 6.09 Å². The van der Waals surface area contributed by atoms with E-state index >= 15 is 0 Å². The fourth-order valence-electron chi connectivity index (χ4n) is 5.34. The van der Waals surface area contributed by atoms with Crippen LogP contribution in [0.25, 0.3) is 22.3 Å². The number of H-pyrrole nitrogens is 1. The summed E-state index contributed by atoms with van der Waals surface area (Å²) in [6, 6.07) is 12.4. The molecule has 0 unspecified atom stereocenters. The molecule has 2 aliphatic rings. The fourth-order valence-corrected chi connectivity index (χ4v) is 5.34. The second-order valence-corrected chi connectivity index (χ2v) is 11.9. The molecule has 3 aromatic heterocycles. The smallest absolute Gasteiger partial charge is 0.410 e. The summed E-state index contributed by atoms with van der Waals surface area (Å²) >= 11 is 0. The number of rotatable bonds is 6. The van der Waals surface area contributed by atoms with E-state index < -0.39 is 5.60 Å². The molecule has 42 heavy (non-hydrogen) atoms. The van der Waals surface area contributed by atoms with Crippen LogP contribution in [0.1, 0.15) is 37.9 Å². The van der Waals surface area contributed by atoms with Gasteiger partial charge in [0.2, 0.25) is 0 Å². The Labute approximate surface area is 245 Å². The van der Waals surface area contributed by atoms with E-state index in [1.807, 2.05) is 39.1 Å². The first-order chi connectivity index (χ1) is 20.3. The topological polar surface area (TPSA) is 113 Å². The minimum absolute atomic E-state index is 0.235. The van der Waals surface area contributed by atoms with Gasteiger partial charge in [-0.05, 0) is 50.6 Å². The summed E-state index contributed by atoms with van der Waals surface area (Å²) in [6.45, 7) is 12.5. The van der Waals surface area contributed by atoms with Gasteiger partial charge in [0.1, 0.15) is 23.6 Å². The van der Waals surface area contributed by atoms with Crippen molar-refractivity contribution in [2.45, 2.75) is 39.3 Å². The zero-order valence-electron chi connectivity index (χ0n) is 24.5. The molecule has 1 aromatic carbocycles. The van der Waals surface area contributed by atoms with Crippen LogP contribution in [0.4, 0.5) is 10.6 Å². The van der Waals surface area contributed by atoms with Crippen molar-refractivity contribution >= 4 is 22.9 Å². The molecule has 2 saturated heterocycles. The van der Waals surface area contributed by atoms with Gasteiger partial charge in [-0.1, -0.05) is 6.07 Å². The monoisotopic (exact) mass is 570 g/mol. The summed E-state index contributed by atoms with van der Waals surface area (Å²) in [7, 11) is 0. The van der Waals surface area contributed by atoms with Crippen molar-refractivity contribution in [3.8, 4) is 11.3 Å². The number of carbonyl (C=O) groups excluding carboxylic acids is 1. The van der Waals surface area contributed by atoms with Gasteiger partial charge in [-0.15, -0.1) is 0 Å². The van der Waals surface area contributed by atoms with E-state index in [0.717, 1.165) is 72.4 Å². The molecule has 220 valence electrons. The SMILES string of the molecule is CC(C)(C)OC(=O)N1CCN(Cc2ccnc(Cc3nc4ccc(-c5cc(N6CCOCC6)ncn5)cc4[nH]3)c2)CC1. The lowest BCUT2D eigenvalue weighted by atomic mass is 10.1. The first-order valence-corrected chi connectivity index (χ1v) is 14.6. The van der Waals surface area contributed by atoms with Gasteiger partial charge in [0, 0.05) is 75.8 Å². The second kappa shape index (κ2) is 12.0. The third kappa shape index (κ3) is 6.85. The molecule has 1 N–H and O–H groups in total. The molecule has 0 spiro atoms. The fraction of sp³-hybridized carbons (Fsp3) is 0.452. The molecule has 2 fully saturated rings. The van der Waals surface area contributed by atoms with Crippen molar-refractivity contribution in [2.75, 3.05) is 57.4 Å². The number of nitrogens with zero attached hydrogens (tertiary/aromatic N) is 7. The number of benzene rings is 1. The molecular weight excluding hydrogens is 532 g/mol. The minimum atomic E-state index is -0.478. The average molecular weight is 571 g/mol. The molecular formula is C31H38N8O3. The summed E-state index contributed by atoms with van der Waals surface area (Å²) in [5.41, 5.74) is 5.46. The Bertz CT molecular complexity index is 1530. The average Bonchev–Trinajstić information content (AvgIpc) is 3.39. The normalized spacial score (nSPS) is 16.6. The van der Waals surface area contributed by atoms with Crippen molar-refractivity contribution in [3.63, 3.8) is 0 Å². The summed E-state index contributed by atoms with van der Waals surface area (Å²) < 4.78 is 11.0. The van der Waals surface area contributed by atoms with Crippen molar-refractivity contribution < 1.29 is 14.3 Å². The number of imidazole rings is 1. The summed E-state index contributed by atoms with van der Waals surface area (Å²) in [6.07, 6.45) is 3.87. The quantitative estimate of drug-likeness (QED) is 0.369. The lowest BCUT2D eigenvalue weighted by Crippen LogP contribution is -2.49. The number of fused-ring (bicyclic) bond motifs is 1. The highest BCUT2D eigenvalue weighted by molar-refractivity contribution is 5.81. The van der Waals surface area contributed by atoms with E-state index in [-0.39, 0.29) is 6.09 Å². The van der Waals surface area contributed by atoms with Crippen LogP contribution in [0.15, 0.2) is 48.9 Å². The maximum atomic E-state index is 12.4. The highest BCUT2D eigenvalue weighted by Crippen LogP contribution is 2.25. The Morgan fingerprint density at radius 1 is 0.976 bits per heavy atom. The Kier molecular flexibility index (Phi) is 8.03. The molecule has 0 radical (unpaired) electrons. The molecule has 0 aliphatic carbocycles. The van der Waals surface area contributed by atoms with Gasteiger partial charge in [0.05, 0.1) is 29.9 Å². The number of morpholine rings is 1. The van der Waals surface area contributed by atoms with Crippen LogP contribution < -0.4 is 4.90 Å². The number of hydrogen-bond acceptors (Lipinski definition) is 9. The maximum Gasteiger partial charge on any atom is 0.410 e. The first kappa shape index (κ1) is 28.0. The van der Waals surface area contributed by atoms with E-state index in [4.69, 9.17) is 14.5 Å². The highest BCUT2D eigenvalue weighted by Gasteiger charge is 2.26. The second-order valence-electron chi connectivity index (χ2n) is 11.9. The number of piperazine rings is 1. The van der Waals surface area contributed by atoms with Crippen molar-refractivity contribution in [1.29, 1.82) is 0 Å². The van der Waals surface area contributed by atoms with Gasteiger partial charge in [-0.2, -0.15) is 0 Å². The van der Waals surface area contributed by atoms with Crippen LogP contribution in [-0.2, 0) is 22.4 Å². The molecule has 0 atom stereocenters. The van der Waals surface area contributed by atoms with Gasteiger partial charge in [0.25, 0.3) is 0 Å². The van der Waals surface area contributed by atoms with Crippen molar-refractivity contribution in [3.05, 3.63) is 66.0 Å². The van der Waals surface area contributed by atoms with Crippen molar-refractivity contribution in [1.82, 2.24) is 34.7 Å². The summed E-state index contributed by atoms with van der Waals surface area (Å²) in [5.74, 6) is 1.79. The Hall–Kier alpha value is -4.09. The van der Waals surface area contributed by atoms with E-state index in [1.54, 1.807) is 11.2 Å². The molecule has 4 aromatic rings. The first-order valence-electron chi connectivity index (χ1n) is 14.6. The zero-order chi connectivity index (χ0) is 29.1. The number of ether oxygens (including phenoxy) is 2. The molecule has 1 amide bonds. The summed E-state index contributed by atoms with van der Waals surface area (Å²) in [4.78, 5) is 40.7. The third-order valence-corrected chi connectivity index (χ3v) is 7.47. The number of aromatic amines is 1. The van der Waals surface area contributed by atoms with Crippen LogP contribution >= 0.6 is 0 Å². The molecule has 11 nitrogen and oxygen atoms in total. The third-order valence-electron chi connectivity index (χ3n) is 7.47. The van der Waals surface area contributed by atoms with E-state index in [9.17, 15) is 4.79 Å². The molecule has 0 bridgehead atoms. The van der Waals surface area contributed by atoms with Crippen LogP contribution in [0.2, 0.25) is 0 Å². The van der Waals surface area contributed by atoms with Crippen molar-refractivity contribution in [2.24, 2.45) is 0 Å². The highest BCUT2D eigenvalue weighted by atomic mass is 16.6. The maximum absolute atomic E-state index is 12.4. The Morgan fingerprint density at radius 2 is 1.79 bits per heavy atom. The number of hydrogen-bond donors (Lipinski definition) is 1. The number of nitrogens with one attached hydrogen (secondary N) is 1. The van der Waals surface area contributed by atoms with Crippen LogP contribution in [0, 0.1) is 0 Å². The van der Waals surface area contributed by atoms with E-state index in [2.05, 4.69) is 54.0 Å². The lowest BCUT2D eigenvalue weighted by Gasteiger charge is -2.35. The number of amides is 1. The number of anilines is 1. The Balaban J connectivity index is 1.09. The van der Waals surface area contributed by atoms with Crippen LogP contribution in [0.5, 0.6) is 0 Å². The molecule has 0 saturated carbocycles. The van der Waals surface area contributed by atoms with Gasteiger partial charge < -0.3 is 24.3 Å². The lowest BCUT2D eigenvalue weighted by molar-refractivity contribution is 0.0139.